The predicted molar refractivity (Wildman–Crippen MR) is 36.6 cm³/mol. The van der Waals surface area contributed by atoms with Crippen LogP contribution in [0.5, 0.6) is 0 Å². The first kappa shape index (κ1) is 7.34. The van der Waals surface area contributed by atoms with Crippen LogP contribution in [-0.2, 0) is 4.74 Å². The van der Waals surface area contributed by atoms with Crippen molar-refractivity contribution in [3.8, 4) is 0 Å². The number of carbonyl (C=O) groups excluding carboxylic acids is 1. The molecule has 1 saturated heterocycles. The molecule has 1 fully saturated rings. The number of hydrogen-bond donors (Lipinski definition) is 1. The number of amides is 2. The van der Waals surface area contributed by atoms with Crippen LogP contribution in [0.2, 0.25) is 0 Å². The van der Waals surface area contributed by atoms with Gasteiger partial charge < -0.3 is 15.0 Å². The molecule has 2 amide bonds. The van der Waals surface area contributed by atoms with Crippen LogP contribution in [0.15, 0.2) is 0 Å². The molecule has 0 aromatic rings. The van der Waals surface area contributed by atoms with Gasteiger partial charge in [0.1, 0.15) is 6.73 Å². The van der Waals surface area contributed by atoms with Crippen LogP contribution in [-0.4, -0.2) is 37.9 Å². The lowest BCUT2D eigenvalue weighted by Crippen LogP contribution is -2.46. The zero-order chi connectivity index (χ0) is 7.40. The Labute approximate surface area is 60.1 Å². The van der Waals surface area contributed by atoms with Crippen molar-refractivity contribution >= 4 is 6.03 Å². The molecule has 0 aromatic carbocycles. The van der Waals surface area contributed by atoms with Crippen molar-refractivity contribution in [1.82, 2.24) is 10.2 Å². The van der Waals surface area contributed by atoms with E-state index in [9.17, 15) is 4.79 Å². The molecule has 0 aromatic heterocycles. The highest BCUT2D eigenvalue weighted by molar-refractivity contribution is 5.74. The molecular formula is C6H12N2O2. The molecule has 1 N–H and O–H groups in total. The summed E-state index contributed by atoms with van der Waals surface area (Å²) in [7, 11) is 1.59. The van der Waals surface area contributed by atoms with Gasteiger partial charge in [0.2, 0.25) is 0 Å². The van der Waals surface area contributed by atoms with Crippen LogP contribution in [0.4, 0.5) is 4.79 Å². The van der Waals surface area contributed by atoms with E-state index in [1.165, 1.54) is 0 Å². The van der Waals surface area contributed by atoms with Crippen molar-refractivity contribution < 1.29 is 9.53 Å². The molecule has 1 rings (SSSR count). The van der Waals surface area contributed by atoms with Crippen LogP contribution < -0.4 is 5.32 Å². The molecule has 4 nitrogen and oxygen atoms in total. The summed E-state index contributed by atoms with van der Waals surface area (Å²) >= 11 is 0. The Morgan fingerprint density at radius 1 is 1.80 bits per heavy atom. The third-order valence-corrected chi connectivity index (χ3v) is 1.45. The van der Waals surface area contributed by atoms with Gasteiger partial charge in [0.15, 0.2) is 0 Å². The lowest BCUT2D eigenvalue weighted by Gasteiger charge is -2.26. The lowest BCUT2D eigenvalue weighted by molar-refractivity contribution is 0.0753. The minimum atomic E-state index is -0.0203. The van der Waals surface area contributed by atoms with E-state index in [0.29, 0.717) is 6.73 Å². The fraction of sp³-hybridized carbons (Fsp3) is 0.833. The first-order valence-electron chi connectivity index (χ1n) is 3.36. The minimum Gasteiger partial charge on any atom is -0.364 e. The van der Waals surface area contributed by atoms with Gasteiger partial charge in [-0.05, 0) is 6.42 Å². The Kier molecular flexibility index (Phi) is 2.50. The van der Waals surface area contributed by atoms with E-state index in [4.69, 9.17) is 4.74 Å². The number of nitrogens with zero attached hydrogens (tertiary/aromatic N) is 1. The van der Waals surface area contributed by atoms with Crippen molar-refractivity contribution in [3.05, 3.63) is 0 Å². The van der Waals surface area contributed by atoms with E-state index >= 15 is 0 Å². The largest absolute Gasteiger partial charge is 0.364 e. The number of hydrogen-bond acceptors (Lipinski definition) is 2. The van der Waals surface area contributed by atoms with E-state index in [1.54, 1.807) is 12.0 Å². The number of carbonyl (C=O) groups is 1. The maximum atomic E-state index is 10.9. The van der Waals surface area contributed by atoms with E-state index < -0.39 is 0 Å². The summed E-state index contributed by atoms with van der Waals surface area (Å²) in [6.45, 7) is 1.99. The number of urea groups is 1. The second-order valence-electron chi connectivity index (χ2n) is 2.27. The molecule has 0 bridgehead atoms. The van der Waals surface area contributed by atoms with Crippen LogP contribution in [0, 0.1) is 0 Å². The fourth-order valence-electron chi connectivity index (χ4n) is 0.958. The van der Waals surface area contributed by atoms with Crippen molar-refractivity contribution in [1.29, 1.82) is 0 Å². The van der Waals surface area contributed by atoms with Gasteiger partial charge in [-0.25, -0.2) is 4.79 Å². The SMILES string of the molecule is COCN1CCCNC1=O. The molecule has 10 heavy (non-hydrogen) atoms. The van der Waals surface area contributed by atoms with E-state index in [-0.39, 0.29) is 6.03 Å². The van der Waals surface area contributed by atoms with Gasteiger partial charge in [0.05, 0.1) is 0 Å². The van der Waals surface area contributed by atoms with Crippen LogP contribution in [0.3, 0.4) is 0 Å². The van der Waals surface area contributed by atoms with E-state index in [2.05, 4.69) is 5.32 Å². The van der Waals surface area contributed by atoms with Crippen LogP contribution in [0.1, 0.15) is 6.42 Å². The standard InChI is InChI=1S/C6H12N2O2/c1-10-5-8-4-2-3-7-6(8)9/h2-5H2,1H3,(H,7,9). The summed E-state index contributed by atoms with van der Waals surface area (Å²) in [4.78, 5) is 12.6. The Balaban J connectivity index is 2.32. The monoisotopic (exact) mass is 144 g/mol. The minimum absolute atomic E-state index is 0.0203. The van der Waals surface area contributed by atoms with E-state index in [0.717, 1.165) is 19.5 Å². The Hall–Kier alpha value is -0.770. The zero-order valence-electron chi connectivity index (χ0n) is 6.09. The molecule has 4 heteroatoms. The highest BCUT2D eigenvalue weighted by Crippen LogP contribution is 1.97. The molecule has 58 valence electrons. The Bertz CT molecular complexity index is 125. The lowest BCUT2D eigenvalue weighted by atomic mass is 10.3. The maximum Gasteiger partial charge on any atom is 0.319 e. The van der Waals surface area contributed by atoms with Crippen molar-refractivity contribution in [2.75, 3.05) is 26.9 Å². The van der Waals surface area contributed by atoms with Gasteiger partial charge in [-0.2, -0.15) is 0 Å². The zero-order valence-corrected chi connectivity index (χ0v) is 6.09. The second kappa shape index (κ2) is 3.41. The third kappa shape index (κ3) is 1.60. The summed E-state index contributed by atoms with van der Waals surface area (Å²) in [5.41, 5.74) is 0. The normalized spacial score (nSPS) is 18.9. The smallest absolute Gasteiger partial charge is 0.319 e. The number of ether oxygens (including phenoxy) is 1. The molecule has 0 saturated carbocycles. The first-order valence-corrected chi connectivity index (χ1v) is 3.36. The second-order valence-corrected chi connectivity index (χ2v) is 2.27. The summed E-state index contributed by atoms with van der Waals surface area (Å²) in [5.74, 6) is 0. The van der Waals surface area contributed by atoms with Gasteiger partial charge in [-0.3, -0.25) is 0 Å². The van der Waals surface area contributed by atoms with Crippen LogP contribution >= 0.6 is 0 Å². The topological polar surface area (TPSA) is 41.6 Å². The fourth-order valence-corrected chi connectivity index (χ4v) is 0.958. The molecule has 1 aliphatic heterocycles. The summed E-state index contributed by atoms with van der Waals surface area (Å²) in [6.07, 6.45) is 1.01. The molecular weight excluding hydrogens is 132 g/mol. The first-order chi connectivity index (χ1) is 4.84. The van der Waals surface area contributed by atoms with Gasteiger partial charge >= 0.3 is 6.03 Å². The average Bonchev–Trinajstić information content (AvgIpc) is 1.94. The molecule has 1 heterocycles. The molecule has 0 radical (unpaired) electrons. The maximum absolute atomic E-state index is 10.9. The number of methoxy groups -OCH3 is 1. The van der Waals surface area contributed by atoms with Crippen molar-refractivity contribution in [2.45, 2.75) is 6.42 Å². The van der Waals surface area contributed by atoms with Gasteiger partial charge in [-0.1, -0.05) is 0 Å². The number of rotatable bonds is 2. The molecule has 0 unspecified atom stereocenters. The quantitative estimate of drug-likeness (QED) is 0.593. The highest BCUT2D eigenvalue weighted by atomic mass is 16.5. The average molecular weight is 144 g/mol. The Morgan fingerprint density at radius 3 is 3.20 bits per heavy atom. The highest BCUT2D eigenvalue weighted by Gasteiger charge is 2.15. The predicted octanol–water partition coefficient (Wildman–Crippen LogP) is 0.00560. The van der Waals surface area contributed by atoms with Crippen molar-refractivity contribution in [2.24, 2.45) is 0 Å². The number of nitrogens with one attached hydrogen (secondary N) is 1. The van der Waals surface area contributed by atoms with Crippen molar-refractivity contribution in [3.63, 3.8) is 0 Å². The van der Waals surface area contributed by atoms with Crippen LogP contribution in [0.25, 0.3) is 0 Å². The molecule has 0 aliphatic carbocycles. The van der Waals surface area contributed by atoms with Gasteiger partial charge in [0, 0.05) is 20.2 Å². The van der Waals surface area contributed by atoms with E-state index in [1.807, 2.05) is 0 Å². The third-order valence-electron chi connectivity index (χ3n) is 1.45. The summed E-state index contributed by atoms with van der Waals surface area (Å²) < 4.78 is 4.82. The van der Waals surface area contributed by atoms with Gasteiger partial charge in [0.25, 0.3) is 0 Å². The summed E-state index contributed by atoms with van der Waals surface area (Å²) in [6, 6.07) is -0.0203. The summed E-state index contributed by atoms with van der Waals surface area (Å²) in [5, 5.41) is 2.72. The van der Waals surface area contributed by atoms with Gasteiger partial charge in [-0.15, -0.1) is 0 Å². The molecule has 0 spiro atoms. The molecule has 0 atom stereocenters. The Morgan fingerprint density at radius 2 is 2.60 bits per heavy atom. The molecule has 1 aliphatic rings.